The molecule has 4 rings (SSSR count). The number of carbonyl (C=O) groups is 2. The topological polar surface area (TPSA) is 128 Å². The van der Waals surface area contributed by atoms with E-state index < -0.39 is 5.92 Å². The van der Waals surface area contributed by atoms with Gasteiger partial charge in [0.05, 0.1) is 45.6 Å². The van der Waals surface area contributed by atoms with Crippen molar-refractivity contribution in [1.82, 2.24) is 15.2 Å². The second-order valence-electron chi connectivity index (χ2n) is 7.51. The summed E-state index contributed by atoms with van der Waals surface area (Å²) in [7, 11) is 6.17. The van der Waals surface area contributed by atoms with E-state index in [0.29, 0.717) is 40.1 Å². The summed E-state index contributed by atoms with van der Waals surface area (Å²) in [4.78, 5) is 31.4. The first-order valence-electron chi connectivity index (χ1n) is 10.5. The number of rotatable bonds is 8. The Morgan fingerprint density at radius 1 is 1.00 bits per heavy atom. The van der Waals surface area contributed by atoms with E-state index in [2.05, 4.69) is 20.5 Å². The molecule has 1 aromatic heterocycles. The van der Waals surface area contributed by atoms with Gasteiger partial charge in [-0.05, 0) is 24.3 Å². The largest absolute Gasteiger partial charge is 0.497 e. The summed E-state index contributed by atoms with van der Waals surface area (Å²) in [5, 5.41) is 9.56. The number of H-pyrrole nitrogens is 1. The van der Waals surface area contributed by atoms with E-state index in [1.165, 1.54) is 19.1 Å². The molecule has 2 amide bonds. The van der Waals surface area contributed by atoms with Crippen LogP contribution in [0.4, 0.5) is 11.6 Å². The second-order valence-corrected chi connectivity index (χ2v) is 7.51. The number of aromatic amines is 1. The van der Waals surface area contributed by atoms with Crippen LogP contribution >= 0.6 is 0 Å². The SMILES string of the molecule is COc1ccc(-c2nc(NC(=O)C3CC(=O)N(c4ccc(OC)cc4OC)C3)n[nH]2)c(OC)c1. The smallest absolute Gasteiger partial charge is 0.249 e. The highest BCUT2D eigenvalue weighted by Crippen LogP contribution is 2.36. The van der Waals surface area contributed by atoms with E-state index in [0.717, 1.165) is 0 Å². The third-order valence-corrected chi connectivity index (χ3v) is 5.56. The predicted molar refractivity (Wildman–Crippen MR) is 124 cm³/mol. The van der Waals surface area contributed by atoms with Gasteiger partial charge in [0.2, 0.25) is 17.8 Å². The molecule has 0 spiro atoms. The molecule has 34 heavy (non-hydrogen) atoms. The average Bonchev–Trinajstić information content (AvgIpc) is 3.49. The first-order valence-corrected chi connectivity index (χ1v) is 10.5. The van der Waals surface area contributed by atoms with Gasteiger partial charge >= 0.3 is 0 Å². The first kappa shape index (κ1) is 22.9. The third-order valence-electron chi connectivity index (χ3n) is 5.56. The highest BCUT2D eigenvalue weighted by molar-refractivity contribution is 6.03. The van der Waals surface area contributed by atoms with E-state index in [1.54, 1.807) is 50.6 Å². The van der Waals surface area contributed by atoms with Gasteiger partial charge < -0.3 is 23.8 Å². The molecule has 1 aliphatic heterocycles. The van der Waals surface area contributed by atoms with Crippen LogP contribution in [0.2, 0.25) is 0 Å². The van der Waals surface area contributed by atoms with Crippen molar-refractivity contribution in [2.24, 2.45) is 5.92 Å². The molecule has 0 saturated carbocycles. The van der Waals surface area contributed by atoms with Crippen molar-refractivity contribution in [2.45, 2.75) is 6.42 Å². The molecule has 3 aromatic rings. The minimum absolute atomic E-state index is 0.0601. The number of methoxy groups -OCH3 is 4. The lowest BCUT2D eigenvalue weighted by atomic mass is 10.1. The van der Waals surface area contributed by atoms with Gasteiger partial charge in [0.15, 0.2) is 5.82 Å². The van der Waals surface area contributed by atoms with Crippen molar-refractivity contribution in [3.05, 3.63) is 36.4 Å². The summed E-state index contributed by atoms with van der Waals surface area (Å²) in [5.41, 5.74) is 1.24. The maximum Gasteiger partial charge on any atom is 0.249 e. The second kappa shape index (κ2) is 9.69. The number of benzene rings is 2. The minimum Gasteiger partial charge on any atom is -0.497 e. The highest BCUT2D eigenvalue weighted by Gasteiger charge is 2.36. The van der Waals surface area contributed by atoms with Crippen LogP contribution in [0.15, 0.2) is 36.4 Å². The fourth-order valence-corrected chi connectivity index (χ4v) is 3.77. The third kappa shape index (κ3) is 4.45. The zero-order valence-electron chi connectivity index (χ0n) is 19.2. The number of nitrogens with one attached hydrogen (secondary N) is 2. The molecule has 1 fully saturated rings. The van der Waals surface area contributed by atoms with Gasteiger partial charge in [-0.3, -0.25) is 20.0 Å². The molecule has 11 heteroatoms. The van der Waals surface area contributed by atoms with Crippen LogP contribution in [0.1, 0.15) is 6.42 Å². The minimum atomic E-state index is -0.572. The summed E-state index contributed by atoms with van der Waals surface area (Å²) >= 11 is 0. The molecule has 0 radical (unpaired) electrons. The predicted octanol–water partition coefficient (Wildman–Crippen LogP) is 2.50. The van der Waals surface area contributed by atoms with Gasteiger partial charge in [0.1, 0.15) is 23.0 Å². The van der Waals surface area contributed by atoms with Crippen LogP contribution in [-0.4, -0.2) is 62.0 Å². The van der Waals surface area contributed by atoms with E-state index in [1.807, 2.05) is 0 Å². The Morgan fingerprint density at radius 3 is 2.35 bits per heavy atom. The summed E-state index contributed by atoms with van der Waals surface area (Å²) in [6, 6.07) is 10.4. The lowest BCUT2D eigenvalue weighted by Crippen LogP contribution is -2.28. The molecular weight excluding hydrogens is 442 g/mol. The van der Waals surface area contributed by atoms with Crippen molar-refractivity contribution in [3.8, 4) is 34.4 Å². The Balaban J connectivity index is 1.47. The molecular formula is C23H25N5O6. The summed E-state index contributed by atoms with van der Waals surface area (Å²) in [6.07, 6.45) is 0.0601. The average molecular weight is 467 g/mol. The normalized spacial score (nSPS) is 15.2. The molecule has 2 heterocycles. The molecule has 2 N–H and O–H groups in total. The molecule has 178 valence electrons. The Morgan fingerprint density at radius 2 is 1.68 bits per heavy atom. The van der Waals surface area contributed by atoms with Crippen molar-refractivity contribution >= 4 is 23.5 Å². The van der Waals surface area contributed by atoms with E-state index in [4.69, 9.17) is 18.9 Å². The van der Waals surface area contributed by atoms with Gasteiger partial charge in [-0.1, -0.05) is 0 Å². The summed E-state index contributed by atoms with van der Waals surface area (Å²) in [5.74, 6) is 1.69. The number of ether oxygens (including phenoxy) is 4. The summed E-state index contributed by atoms with van der Waals surface area (Å²) in [6.45, 7) is 0.205. The van der Waals surface area contributed by atoms with Crippen LogP contribution in [0.3, 0.4) is 0 Å². The quantitative estimate of drug-likeness (QED) is 0.517. The van der Waals surface area contributed by atoms with Gasteiger partial charge in [-0.25, -0.2) is 0 Å². The van der Waals surface area contributed by atoms with E-state index in [9.17, 15) is 9.59 Å². The van der Waals surface area contributed by atoms with Gasteiger partial charge in [-0.2, -0.15) is 4.98 Å². The van der Waals surface area contributed by atoms with Crippen molar-refractivity contribution in [3.63, 3.8) is 0 Å². The summed E-state index contributed by atoms with van der Waals surface area (Å²) < 4.78 is 21.2. The van der Waals surface area contributed by atoms with Gasteiger partial charge in [-0.15, -0.1) is 5.10 Å². The number of aromatic nitrogens is 3. The Bertz CT molecular complexity index is 1210. The van der Waals surface area contributed by atoms with Gasteiger partial charge in [0, 0.05) is 25.1 Å². The molecule has 1 aliphatic rings. The monoisotopic (exact) mass is 467 g/mol. The fourth-order valence-electron chi connectivity index (χ4n) is 3.77. The van der Waals surface area contributed by atoms with Crippen LogP contribution in [0, 0.1) is 5.92 Å². The van der Waals surface area contributed by atoms with E-state index in [-0.39, 0.29) is 30.7 Å². The molecule has 11 nitrogen and oxygen atoms in total. The molecule has 2 aromatic carbocycles. The lowest BCUT2D eigenvalue weighted by Gasteiger charge is -2.20. The van der Waals surface area contributed by atoms with Crippen LogP contribution in [-0.2, 0) is 9.59 Å². The Labute approximate surface area is 196 Å². The number of amides is 2. The number of hydrogen-bond donors (Lipinski definition) is 2. The maximum absolute atomic E-state index is 12.9. The van der Waals surface area contributed by atoms with Crippen LogP contribution in [0.5, 0.6) is 23.0 Å². The molecule has 1 atom stereocenters. The molecule has 0 aliphatic carbocycles. The number of anilines is 2. The molecule has 1 saturated heterocycles. The number of hydrogen-bond acceptors (Lipinski definition) is 8. The maximum atomic E-state index is 12.9. The standard InChI is InChI=1S/C23H25N5O6/c1-31-14-5-7-16(18(10-14)33-3)21-24-23(27-26-21)25-22(30)13-9-20(29)28(12-13)17-8-6-15(32-2)11-19(17)34-4/h5-8,10-11,13H,9,12H2,1-4H3,(H2,24,25,26,27,30). The van der Waals surface area contributed by atoms with Crippen LogP contribution in [0.25, 0.3) is 11.4 Å². The molecule has 1 unspecified atom stereocenters. The van der Waals surface area contributed by atoms with Crippen LogP contribution < -0.4 is 29.2 Å². The lowest BCUT2D eigenvalue weighted by molar-refractivity contribution is -0.122. The Hall–Kier alpha value is -4.28. The first-order chi connectivity index (χ1) is 16.5. The highest BCUT2D eigenvalue weighted by atomic mass is 16.5. The Kier molecular flexibility index (Phi) is 6.53. The van der Waals surface area contributed by atoms with Gasteiger partial charge in [0.25, 0.3) is 0 Å². The fraction of sp³-hybridized carbons (Fsp3) is 0.304. The van der Waals surface area contributed by atoms with Crippen molar-refractivity contribution in [1.29, 1.82) is 0 Å². The zero-order valence-corrected chi connectivity index (χ0v) is 19.2. The van der Waals surface area contributed by atoms with Crippen molar-refractivity contribution < 1.29 is 28.5 Å². The van der Waals surface area contributed by atoms with E-state index >= 15 is 0 Å². The number of nitrogens with zero attached hydrogens (tertiary/aromatic N) is 3. The molecule has 0 bridgehead atoms. The number of carbonyl (C=O) groups excluding carboxylic acids is 2. The zero-order chi connectivity index (χ0) is 24.2. The van der Waals surface area contributed by atoms with Crippen molar-refractivity contribution in [2.75, 3.05) is 45.2 Å².